The van der Waals surface area contributed by atoms with Crippen molar-refractivity contribution in [1.29, 1.82) is 0 Å². The number of carbonyl (C=O) groups excluding carboxylic acids is 1. The maximum absolute atomic E-state index is 12.7. The standard InChI is InChI=1S/C22H26Cl2N2O3S/c1-15(16-6-8-18(9-7-16)30(2,28)29)25-22(27)17-10-12-26(13-11-17)14-19-20(23)4-3-5-21(19)24/h3-9,15,17H,10-14H2,1-2H3,(H,25,27). The minimum atomic E-state index is -3.23. The van der Waals surface area contributed by atoms with E-state index < -0.39 is 9.84 Å². The van der Waals surface area contributed by atoms with Crippen molar-refractivity contribution in [3.8, 4) is 0 Å². The average Bonchev–Trinajstić information content (AvgIpc) is 2.70. The fourth-order valence-corrected chi connectivity index (χ4v) is 4.83. The summed E-state index contributed by atoms with van der Waals surface area (Å²) in [6, 6.07) is 12.0. The molecule has 1 saturated heterocycles. The van der Waals surface area contributed by atoms with Crippen molar-refractivity contribution in [2.75, 3.05) is 19.3 Å². The Morgan fingerprint density at radius 2 is 1.67 bits per heavy atom. The Kier molecular flexibility index (Phi) is 7.45. The minimum Gasteiger partial charge on any atom is -0.349 e. The predicted octanol–water partition coefficient (Wildman–Crippen LogP) is 4.49. The lowest BCUT2D eigenvalue weighted by molar-refractivity contribution is -0.127. The molecule has 8 heteroatoms. The Labute approximate surface area is 188 Å². The Hall–Kier alpha value is -1.60. The smallest absolute Gasteiger partial charge is 0.223 e. The molecule has 30 heavy (non-hydrogen) atoms. The van der Waals surface area contributed by atoms with Crippen LogP contribution in [0, 0.1) is 5.92 Å². The van der Waals surface area contributed by atoms with Crippen LogP contribution in [0.4, 0.5) is 0 Å². The third-order valence-corrected chi connectivity index (χ3v) is 7.41. The second-order valence-electron chi connectivity index (χ2n) is 7.82. The Morgan fingerprint density at radius 3 is 2.20 bits per heavy atom. The lowest BCUT2D eigenvalue weighted by atomic mass is 9.95. The second-order valence-corrected chi connectivity index (χ2v) is 10.7. The van der Waals surface area contributed by atoms with Crippen LogP contribution in [-0.4, -0.2) is 38.6 Å². The first-order valence-corrected chi connectivity index (χ1v) is 12.6. The van der Waals surface area contributed by atoms with Crippen molar-refractivity contribution < 1.29 is 13.2 Å². The van der Waals surface area contributed by atoms with E-state index in [0.29, 0.717) is 16.6 Å². The summed E-state index contributed by atoms with van der Waals surface area (Å²) < 4.78 is 23.2. The number of nitrogens with zero attached hydrogens (tertiary/aromatic N) is 1. The van der Waals surface area contributed by atoms with Gasteiger partial charge in [-0.15, -0.1) is 0 Å². The van der Waals surface area contributed by atoms with Crippen LogP contribution in [0.3, 0.4) is 0 Å². The number of rotatable bonds is 6. The first kappa shape index (κ1) is 23.1. The van der Waals surface area contributed by atoms with Gasteiger partial charge < -0.3 is 5.32 Å². The molecule has 0 bridgehead atoms. The van der Waals surface area contributed by atoms with Crippen LogP contribution in [-0.2, 0) is 21.2 Å². The number of benzene rings is 2. The number of hydrogen-bond donors (Lipinski definition) is 1. The highest BCUT2D eigenvalue weighted by Crippen LogP contribution is 2.28. The summed E-state index contributed by atoms with van der Waals surface area (Å²) >= 11 is 12.5. The topological polar surface area (TPSA) is 66.5 Å². The maximum atomic E-state index is 12.7. The van der Waals surface area contributed by atoms with Crippen molar-refractivity contribution in [3.63, 3.8) is 0 Å². The highest BCUT2D eigenvalue weighted by molar-refractivity contribution is 7.90. The molecule has 162 valence electrons. The molecule has 0 saturated carbocycles. The molecule has 1 heterocycles. The number of piperidine rings is 1. The van der Waals surface area contributed by atoms with Gasteiger partial charge in [-0.3, -0.25) is 9.69 Å². The molecule has 1 aliphatic rings. The van der Waals surface area contributed by atoms with E-state index in [4.69, 9.17) is 23.2 Å². The molecule has 2 aromatic carbocycles. The number of amides is 1. The zero-order chi connectivity index (χ0) is 21.9. The van der Waals surface area contributed by atoms with Crippen molar-refractivity contribution >= 4 is 38.9 Å². The summed E-state index contributed by atoms with van der Waals surface area (Å²) in [4.78, 5) is 15.3. The predicted molar refractivity (Wildman–Crippen MR) is 121 cm³/mol. The fourth-order valence-electron chi connectivity index (χ4n) is 3.68. The Bertz CT molecular complexity index is 981. The van der Waals surface area contributed by atoms with E-state index in [1.54, 1.807) is 24.3 Å². The van der Waals surface area contributed by atoms with E-state index in [0.717, 1.165) is 37.1 Å². The summed E-state index contributed by atoms with van der Waals surface area (Å²) in [6.07, 6.45) is 2.72. The number of sulfone groups is 1. The highest BCUT2D eigenvalue weighted by atomic mass is 35.5. The van der Waals surface area contributed by atoms with Gasteiger partial charge in [0.05, 0.1) is 10.9 Å². The van der Waals surface area contributed by atoms with Gasteiger partial charge in [-0.05, 0) is 62.7 Å². The van der Waals surface area contributed by atoms with Gasteiger partial charge in [0, 0.05) is 34.3 Å². The third kappa shape index (κ3) is 5.76. The maximum Gasteiger partial charge on any atom is 0.223 e. The molecule has 1 aliphatic heterocycles. The van der Waals surface area contributed by atoms with Crippen molar-refractivity contribution in [1.82, 2.24) is 10.2 Å². The molecule has 5 nitrogen and oxygen atoms in total. The van der Waals surface area contributed by atoms with E-state index in [-0.39, 0.29) is 22.8 Å². The lowest BCUT2D eigenvalue weighted by Gasteiger charge is -2.32. The molecular formula is C22H26Cl2N2O3S. The lowest BCUT2D eigenvalue weighted by Crippen LogP contribution is -2.41. The van der Waals surface area contributed by atoms with E-state index in [9.17, 15) is 13.2 Å². The van der Waals surface area contributed by atoms with Crippen molar-refractivity contribution in [2.24, 2.45) is 5.92 Å². The van der Waals surface area contributed by atoms with Gasteiger partial charge in [-0.1, -0.05) is 41.4 Å². The summed E-state index contributed by atoms with van der Waals surface area (Å²) in [5, 5.41) is 4.39. The molecule has 0 aromatic heterocycles. The van der Waals surface area contributed by atoms with Gasteiger partial charge in [-0.25, -0.2) is 8.42 Å². The molecule has 3 rings (SSSR count). The zero-order valence-corrected chi connectivity index (χ0v) is 19.4. The molecule has 0 spiro atoms. The van der Waals surface area contributed by atoms with E-state index in [1.165, 1.54) is 6.26 Å². The zero-order valence-electron chi connectivity index (χ0n) is 17.1. The van der Waals surface area contributed by atoms with Gasteiger partial charge in [-0.2, -0.15) is 0 Å². The summed E-state index contributed by atoms with van der Waals surface area (Å²) in [5.74, 6) is -0.00849. The molecule has 1 unspecified atom stereocenters. The summed E-state index contributed by atoms with van der Waals surface area (Å²) in [7, 11) is -3.23. The van der Waals surface area contributed by atoms with Crippen LogP contribution in [0.15, 0.2) is 47.4 Å². The quantitative estimate of drug-likeness (QED) is 0.677. The monoisotopic (exact) mass is 468 g/mol. The molecule has 1 atom stereocenters. The van der Waals surface area contributed by atoms with Gasteiger partial charge in [0.1, 0.15) is 0 Å². The minimum absolute atomic E-state index is 0.0325. The van der Waals surface area contributed by atoms with Crippen LogP contribution >= 0.6 is 23.2 Å². The third-order valence-electron chi connectivity index (χ3n) is 5.57. The highest BCUT2D eigenvalue weighted by Gasteiger charge is 2.26. The molecule has 0 aliphatic carbocycles. The SMILES string of the molecule is CC(NC(=O)C1CCN(Cc2c(Cl)cccc2Cl)CC1)c1ccc(S(C)(=O)=O)cc1. The van der Waals surface area contributed by atoms with Crippen molar-refractivity contribution in [3.05, 3.63) is 63.6 Å². The van der Waals surface area contributed by atoms with Crippen LogP contribution in [0.2, 0.25) is 10.0 Å². The molecule has 2 aromatic rings. The number of likely N-dealkylation sites (tertiary alicyclic amines) is 1. The fraction of sp³-hybridized carbons (Fsp3) is 0.409. The van der Waals surface area contributed by atoms with Gasteiger partial charge in [0.25, 0.3) is 0 Å². The molecule has 1 amide bonds. The van der Waals surface area contributed by atoms with E-state index in [1.807, 2.05) is 25.1 Å². The van der Waals surface area contributed by atoms with Gasteiger partial charge >= 0.3 is 0 Å². The largest absolute Gasteiger partial charge is 0.349 e. The first-order chi connectivity index (χ1) is 14.1. The van der Waals surface area contributed by atoms with Crippen molar-refractivity contribution in [2.45, 2.75) is 37.2 Å². The summed E-state index contributed by atoms with van der Waals surface area (Å²) in [6.45, 7) is 4.19. The number of halogens is 2. The van der Waals surface area contributed by atoms with Crippen LogP contribution in [0.1, 0.15) is 36.9 Å². The Balaban J connectivity index is 1.52. The second kappa shape index (κ2) is 9.69. The average molecular weight is 469 g/mol. The Morgan fingerprint density at radius 1 is 1.10 bits per heavy atom. The van der Waals surface area contributed by atoms with E-state index >= 15 is 0 Å². The van der Waals surface area contributed by atoms with Crippen LogP contribution < -0.4 is 5.32 Å². The number of hydrogen-bond acceptors (Lipinski definition) is 4. The van der Waals surface area contributed by atoms with Gasteiger partial charge in [0.15, 0.2) is 9.84 Å². The molecule has 0 radical (unpaired) electrons. The number of nitrogens with one attached hydrogen (secondary N) is 1. The van der Waals surface area contributed by atoms with Crippen LogP contribution in [0.5, 0.6) is 0 Å². The van der Waals surface area contributed by atoms with E-state index in [2.05, 4.69) is 10.2 Å². The van der Waals surface area contributed by atoms with Gasteiger partial charge in [0.2, 0.25) is 5.91 Å². The van der Waals surface area contributed by atoms with Crippen LogP contribution in [0.25, 0.3) is 0 Å². The molecule has 1 fully saturated rings. The summed E-state index contributed by atoms with van der Waals surface area (Å²) in [5.41, 5.74) is 1.80. The molecule has 1 N–H and O–H groups in total. The molecular weight excluding hydrogens is 443 g/mol. The first-order valence-electron chi connectivity index (χ1n) is 9.91. The normalized spacial score (nSPS) is 16.9. The number of carbonyl (C=O) groups is 1.